The lowest BCUT2D eigenvalue weighted by Gasteiger charge is -2.39. The molecule has 1 aromatic heterocycles. The molecule has 1 saturated heterocycles. The Kier molecular flexibility index (Phi) is 7.35. The van der Waals surface area contributed by atoms with Gasteiger partial charge in [0.05, 0.1) is 9.92 Å². The van der Waals surface area contributed by atoms with Crippen LogP contribution in [0.1, 0.15) is 31.7 Å². The van der Waals surface area contributed by atoms with E-state index in [9.17, 15) is 8.42 Å². The molecule has 0 aliphatic carbocycles. The second-order valence-corrected chi connectivity index (χ2v) is 10.8. The maximum absolute atomic E-state index is 12.6. The Balaban J connectivity index is 1.40. The van der Waals surface area contributed by atoms with E-state index in [1.807, 2.05) is 6.07 Å². The van der Waals surface area contributed by atoms with Gasteiger partial charge in [0, 0.05) is 30.7 Å². The Labute approximate surface area is 198 Å². The van der Waals surface area contributed by atoms with Crippen molar-refractivity contribution in [2.75, 3.05) is 11.3 Å². The Bertz CT molecular complexity index is 1120. The number of likely N-dealkylation sites (tertiary alicyclic amines) is 1. The minimum absolute atomic E-state index is 0.0420. The van der Waals surface area contributed by atoms with Crippen LogP contribution < -0.4 is 9.46 Å². The van der Waals surface area contributed by atoms with Gasteiger partial charge in [-0.05, 0) is 43.0 Å². The van der Waals surface area contributed by atoms with E-state index < -0.39 is 10.0 Å². The molecule has 9 heteroatoms. The first kappa shape index (κ1) is 23.0. The molecule has 1 aliphatic rings. The number of aromatic nitrogens is 1. The molecule has 170 valence electrons. The van der Waals surface area contributed by atoms with Gasteiger partial charge >= 0.3 is 0 Å². The van der Waals surface area contributed by atoms with E-state index in [1.54, 1.807) is 17.6 Å². The number of sulfonamides is 1. The van der Waals surface area contributed by atoms with Crippen LogP contribution in [0.25, 0.3) is 0 Å². The van der Waals surface area contributed by atoms with Crippen molar-refractivity contribution in [2.45, 2.75) is 49.8 Å². The van der Waals surface area contributed by atoms with Crippen LogP contribution in [0.15, 0.2) is 65.0 Å². The van der Waals surface area contributed by atoms with Gasteiger partial charge in [0.25, 0.3) is 10.0 Å². The molecular formula is C23H26ClN3O3S2. The van der Waals surface area contributed by atoms with Gasteiger partial charge in [0.1, 0.15) is 11.9 Å². The molecule has 4 rings (SSSR count). The molecular weight excluding hydrogens is 466 g/mol. The van der Waals surface area contributed by atoms with Gasteiger partial charge in [0.15, 0.2) is 5.13 Å². The van der Waals surface area contributed by atoms with Gasteiger partial charge < -0.3 is 4.74 Å². The van der Waals surface area contributed by atoms with Crippen LogP contribution in [0.2, 0.25) is 5.02 Å². The van der Waals surface area contributed by atoms with Crippen LogP contribution in [0, 0.1) is 0 Å². The maximum Gasteiger partial charge on any atom is 0.263 e. The lowest BCUT2D eigenvalue weighted by molar-refractivity contribution is 0.0492. The summed E-state index contributed by atoms with van der Waals surface area (Å²) in [6.07, 6.45) is 4.43. The molecule has 0 bridgehead atoms. The minimum Gasteiger partial charge on any atom is -0.489 e. The molecule has 1 aliphatic heterocycles. The molecule has 2 atom stereocenters. The Morgan fingerprint density at radius 1 is 1.25 bits per heavy atom. The van der Waals surface area contributed by atoms with Gasteiger partial charge in [-0.25, -0.2) is 13.4 Å². The molecule has 0 radical (unpaired) electrons. The van der Waals surface area contributed by atoms with Gasteiger partial charge in [-0.3, -0.25) is 9.62 Å². The van der Waals surface area contributed by atoms with Crippen LogP contribution >= 0.6 is 22.9 Å². The summed E-state index contributed by atoms with van der Waals surface area (Å²) in [5, 5.41) is 2.30. The zero-order valence-corrected chi connectivity index (χ0v) is 20.2. The highest BCUT2D eigenvalue weighted by Gasteiger charge is 2.29. The number of anilines is 1. The largest absolute Gasteiger partial charge is 0.489 e. The van der Waals surface area contributed by atoms with E-state index in [4.69, 9.17) is 16.3 Å². The highest BCUT2D eigenvalue weighted by molar-refractivity contribution is 7.93. The summed E-state index contributed by atoms with van der Waals surface area (Å²) in [6, 6.07) is 15.5. The molecule has 6 nitrogen and oxygen atoms in total. The first-order valence-electron chi connectivity index (χ1n) is 10.6. The molecule has 0 saturated carbocycles. The average molecular weight is 492 g/mol. The van der Waals surface area contributed by atoms with Crippen molar-refractivity contribution in [3.8, 4) is 5.75 Å². The third-order valence-corrected chi connectivity index (χ3v) is 8.10. The molecule has 0 unspecified atom stereocenters. The summed E-state index contributed by atoms with van der Waals surface area (Å²) < 4.78 is 33.8. The molecule has 0 spiro atoms. The zero-order chi connectivity index (χ0) is 22.6. The van der Waals surface area contributed by atoms with Crippen LogP contribution in [0.5, 0.6) is 5.75 Å². The summed E-state index contributed by atoms with van der Waals surface area (Å²) in [4.78, 5) is 6.55. The van der Waals surface area contributed by atoms with Crippen molar-refractivity contribution >= 4 is 38.1 Å². The molecule has 3 aromatic rings. The number of hydrogen-bond acceptors (Lipinski definition) is 6. The van der Waals surface area contributed by atoms with Crippen LogP contribution in [-0.4, -0.2) is 37.0 Å². The molecule has 1 N–H and O–H groups in total. The highest BCUT2D eigenvalue weighted by atomic mass is 35.5. The van der Waals surface area contributed by atoms with Crippen molar-refractivity contribution in [2.24, 2.45) is 0 Å². The predicted octanol–water partition coefficient (Wildman–Crippen LogP) is 5.42. The first-order chi connectivity index (χ1) is 15.4. The normalized spacial score (nSPS) is 19.6. The Morgan fingerprint density at radius 2 is 2.06 bits per heavy atom. The van der Waals surface area contributed by atoms with E-state index in [-0.39, 0.29) is 16.0 Å². The van der Waals surface area contributed by atoms with Crippen molar-refractivity contribution in [1.82, 2.24) is 9.88 Å². The summed E-state index contributed by atoms with van der Waals surface area (Å²) in [5.74, 6) is 0.510. The number of ether oxygens (including phenoxy) is 1. The van der Waals surface area contributed by atoms with E-state index in [0.717, 1.165) is 32.4 Å². The maximum atomic E-state index is 12.6. The minimum atomic E-state index is -3.75. The number of halogens is 1. The molecule has 0 amide bonds. The lowest BCUT2D eigenvalue weighted by Crippen LogP contribution is -2.45. The summed E-state index contributed by atoms with van der Waals surface area (Å²) >= 11 is 7.62. The fourth-order valence-electron chi connectivity index (χ4n) is 3.99. The summed E-state index contributed by atoms with van der Waals surface area (Å²) in [7, 11) is -3.75. The highest BCUT2D eigenvalue weighted by Crippen LogP contribution is 2.32. The fourth-order valence-corrected chi connectivity index (χ4v) is 6.10. The van der Waals surface area contributed by atoms with Crippen LogP contribution in [-0.2, 0) is 16.6 Å². The molecule has 2 heterocycles. The van der Waals surface area contributed by atoms with Crippen LogP contribution in [0.3, 0.4) is 0 Å². The van der Waals surface area contributed by atoms with E-state index in [0.29, 0.717) is 16.9 Å². The number of rotatable bonds is 8. The third kappa shape index (κ3) is 5.61. The summed E-state index contributed by atoms with van der Waals surface area (Å²) in [6.45, 7) is 4.08. The first-order valence-corrected chi connectivity index (χ1v) is 13.3. The van der Waals surface area contributed by atoms with E-state index in [2.05, 4.69) is 45.8 Å². The average Bonchev–Trinajstić information content (AvgIpc) is 3.29. The molecule has 32 heavy (non-hydrogen) atoms. The number of piperidine rings is 1. The number of benzene rings is 2. The molecule has 2 aromatic carbocycles. The number of thiazole rings is 1. The van der Waals surface area contributed by atoms with Crippen molar-refractivity contribution in [3.05, 3.63) is 70.7 Å². The standard InChI is InChI=1S/C23H26ClN3O3S2/c1-2-18-14-19(10-12-27(18)16-17-6-4-3-5-7-17)30-22-9-8-20(15-21(22)24)32(28,29)26-23-25-11-13-31-23/h3-9,11,13,15,18-19H,2,10,12,14,16H2,1H3,(H,25,26)/t18-,19-/m0/s1. The topological polar surface area (TPSA) is 71.5 Å². The van der Waals surface area contributed by atoms with Crippen molar-refractivity contribution in [1.29, 1.82) is 0 Å². The second kappa shape index (κ2) is 10.2. The van der Waals surface area contributed by atoms with Crippen LogP contribution in [0.4, 0.5) is 5.13 Å². The van der Waals surface area contributed by atoms with Crippen molar-refractivity contribution < 1.29 is 13.2 Å². The smallest absolute Gasteiger partial charge is 0.263 e. The number of hydrogen-bond donors (Lipinski definition) is 1. The number of nitrogens with zero attached hydrogens (tertiary/aromatic N) is 2. The SMILES string of the molecule is CC[C@H]1C[C@@H](Oc2ccc(S(=O)(=O)Nc3nccs3)cc2Cl)CCN1Cc1ccccc1. The van der Waals surface area contributed by atoms with Gasteiger partial charge in [-0.2, -0.15) is 0 Å². The predicted molar refractivity (Wildman–Crippen MR) is 129 cm³/mol. The quantitative estimate of drug-likeness (QED) is 0.455. The monoisotopic (exact) mass is 491 g/mol. The second-order valence-electron chi connectivity index (χ2n) is 7.82. The van der Waals surface area contributed by atoms with Gasteiger partial charge in [-0.15, -0.1) is 11.3 Å². The Hall–Kier alpha value is -2.13. The summed E-state index contributed by atoms with van der Waals surface area (Å²) in [5.41, 5.74) is 1.32. The van der Waals surface area contributed by atoms with Gasteiger partial charge in [-0.1, -0.05) is 48.9 Å². The Morgan fingerprint density at radius 3 is 2.75 bits per heavy atom. The van der Waals surface area contributed by atoms with Gasteiger partial charge in [0.2, 0.25) is 0 Å². The lowest BCUT2D eigenvalue weighted by atomic mass is 9.96. The van der Waals surface area contributed by atoms with E-state index in [1.165, 1.54) is 29.0 Å². The van der Waals surface area contributed by atoms with Crippen molar-refractivity contribution in [3.63, 3.8) is 0 Å². The number of nitrogens with one attached hydrogen (secondary N) is 1. The third-order valence-electron chi connectivity index (χ3n) is 5.65. The fraction of sp³-hybridized carbons (Fsp3) is 0.348. The molecule has 1 fully saturated rings. The zero-order valence-electron chi connectivity index (χ0n) is 17.8. The van der Waals surface area contributed by atoms with E-state index >= 15 is 0 Å².